The van der Waals surface area contributed by atoms with Crippen LogP contribution >= 0.6 is 0 Å². The second-order valence-electron chi connectivity index (χ2n) is 9.99. The fourth-order valence-electron chi connectivity index (χ4n) is 5.80. The molecule has 0 amide bonds. The first-order valence-corrected chi connectivity index (χ1v) is 12.8. The van der Waals surface area contributed by atoms with E-state index >= 15 is 0 Å². The van der Waals surface area contributed by atoms with Crippen molar-refractivity contribution in [3.05, 3.63) is 84.1 Å². The number of rotatable bonds is 10. The van der Waals surface area contributed by atoms with Crippen LogP contribution in [0.25, 0.3) is 11.1 Å². The van der Waals surface area contributed by atoms with Gasteiger partial charge in [0.15, 0.2) is 0 Å². The maximum Gasteiger partial charge on any atom is 0.216 e. The Bertz CT molecular complexity index is 1050. The predicted molar refractivity (Wildman–Crippen MR) is 142 cm³/mol. The molecule has 2 unspecified atom stereocenters. The molecule has 1 fully saturated rings. The molecule has 3 aromatic rings. The van der Waals surface area contributed by atoms with Crippen molar-refractivity contribution >= 4 is 0 Å². The van der Waals surface area contributed by atoms with Crippen molar-refractivity contribution in [2.24, 2.45) is 11.8 Å². The second-order valence-corrected chi connectivity index (χ2v) is 9.99. The molecule has 1 saturated carbocycles. The van der Waals surface area contributed by atoms with Gasteiger partial charge in [-0.1, -0.05) is 79.9 Å². The van der Waals surface area contributed by atoms with Gasteiger partial charge in [0.05, 0.1) is 7.11 Å². The Morgan fingerprint density at radius 2 is 1.63 bits per heavy atom. The molecule has 0 saturated heterocycles. The van der Waals surface area contributed by atoms with Gasteiger partial charge in [-0.3, -0.25) is 4.84 Å². The molecule has 1 aliphatic carbocycles. The summed E-state index contributed by atoms with van der Waals surface area (Å²) in [5, 5.41) is 0. The summed E-state index contributed by atoms with van der Waals surface area (Å²) < 4.78 is 5.87. The molecule has 2 atom stereocenters. The Morgan fingerprint density at radius 3 is 2.23 bits per heavy atom. The molecule has 1 aromatic heterocycles. The molecule has 35 heavy (non-hydrogen) atoms. The zero-order valence-electron chi connectivity index (χ0n) is 21.3. The Balaban J connectivity index is 1.94. The van der Waals surface area contributed by atoms with Crippen molar-refractivity contribution < 1.29 is 9.57 Å². The summed E-state index contributed by atoms with van der Waals surface area (Å²) >= 11 is 0. The van der Waals surface area contributed by atoms with Gasteiger partial charge in [0.25, 0.3) is 0 Å². The van der Waals surface area contributed by atoms with Crippen LogP contribution < -0.4 is 10.6 Å². The summed E-state index contributed by atoms with van der Waals surface area (Å²) in [5.41, 5.74) is 3.80. The Labute approximate surface area is 210 Å². The first-order chi connectivity index (χ1) is 17.1. The van der Waals surface area contributed by atoms with Crippen molar-refractivity contribution in [3.8, 4) is 17.0 Å². The number of pyridine rings is 1. The van der Waals surface area contributed by atoms with E-state index in [1.54, 1.807) is 7.11 Å². The lowest BCUT2D eigenvalue weighted by Crippen LogP contribution is -2.51. The number of nitrogens with zero attached hydrogens (tertiary/aromatic N) is 2. The zero-order valence-corrected chi connectivity index (χ0v) is 21.3. The maximum absolute atomic E-state index is 6.36. The van der Waals surface area contributed by atoms with E-state index in [0.717, 1.165) is 42.5 Å². The van der Waals surface area contributed by atoms with Gasteiger partial charge in [0.2, 0.25) is 5.88 Å². The molecular formula is C30H39N3O2. The van der Waals surface area contributed by atoms with E-state index in [1.807, 2.05) is 12.3 Å². The molecule has 0 bridgehead atoms. The van der Waals surface area contributed by atoms with Gasteiger partial charge in [-0.15, -0.1) is 0 Å². The average Bonchev–Trinajstić information content (AvgIpc) is 2.92. The van der Waals surface area contributed by atoms with Gasteiger partial charge in [-0.25, -0.2) is 10.9 Å². The highest BCUT2D eigenvalue weighted by Gasteiger charge is 2.49. The normalized spacial score (nSPS) is 17.2. The topological polar surface area (TPSA) is 60.6 Å². The molecule has 5 heteroatoms. The van der Waals surface area contributed by atoms with E-state index in [2.05, 4.69) is 79.7 Å². The van der Waals surface area contributed by atoms with Crippen molar-refractivity contribution in [1.29, 1.82) is 0 Å². The highest BCUT2D eigenvalue weighted by molar-refractivity contribution is 5.65. The van der Waals surface area contributed by atoms with E-state index < -0.39 is 5.60 Å². The van der Waals surface area contributed by atoms with E-state index in [0.29, 0.717) is 11.8 Å². The lowest BCUT2D eigenvalue weighted by atomic mass is 9.64. The van der Waals surface area contributed by atoms with Crippen LogP contribution in [-0.4, -0.2) is 43.2 Å². The number of hydrogen-bond acceptors (Lipinski definition) is 5. The van der Waals surface area contributed by atoms with Crippen LogP contribution in [0.3, 0.4) is 0 Å². The smallest absolute Gasteiger partial charge is 0.216 e. The van der Waals surface area contributed by atoms with Crippen LogP contribution in [0, 0.1) is 5.92 Å². The minimum absolute atomic E-state index is 0.122. The second kappa shape index (κ2) is 11.8. The minimum atomic E-state index is -0.587. The largest absolute Gasteiger partial charge is 0.481 e. The fraction of sp³-hybridized carbons (Fsp3) is 0.433. The Hall–Kier alpha value is -2.73. The summed E-state index contributed by atoms with van der Waals surface area (Å²) in [7, 11) is 5.91. The molecule has 0 spiro atoms. The van der Waals surface area contributed by atoms with Crippen LogP contribution in [0.2, 0.25) is 0 Å². The molecule has 1 heterocycles. The third kappa shape index (κ3) is 5.58. The summed E-state index contributed by atoms with van der Waals surface area (Å²) in [6.07, 6.45) is 8.63. The molecule has 5 nitrogen and oxygen atoms in total. The zero-order chi connectivity index (χ0) is 24.7. The molecular weight excluding hydrogens is 434 g/mol. The SMILES string of the molecule is COc1ncc(-c2ccccc2)cc1C(c1ccccc1)C(CCN(C)C)(ON)C1CCCCC1. The summed E-state index contributed by atoms with van der Waals surface area (Å²) in [6, 6.07) is 23.2. The molecule has 2 N–H and O–H groups in total. The first kappa shape index (κ1) is 25.4. The van der Waals surface area contributed by atoms with Gasteiger partial charge in [0, 0.05) is 29.8 Å². The quantitative estimate of drug-likeness (QED) is 0.363. The lowest BCUT2D eigenvalue weighted by molar-refractivity contribution is -0.118. The Kier molecular flexibility index (Phi) is 8.55. The number of methoxy groups -OCH3 is 1. The van der Waals surface area contributed by atoms with Gasteiger partial charge >= 0.3 is 0 Å². The van der Waals surface area contributed by atoms with Crippen molar-refractivity contribution in [2.45, 2.75) is 50.0 Å². The van der Waals surface area contributed by atoms with E-state index in [9.17, 15) is 0 Å². The van der Waals surface area contributed by atoms with Gasteiger partial charge in [-0.2, -0.15) is 0 Å². The number of benzene rings is 2. The monoisotopic (exact) mass is 473 g/mol. The summed E-state index contributed by atoms with van der Waals surface area (Å²) in [4.78, 5) is 13.2. The predicted octanol–water partition coefficient (Wildman–Crippen LogP) is 6.05. The van der Waals surface area contributed by atoms with Crippen LogP contribution in [0.15, 0.2) is 72.9 Å². The van der Waals surface area contributed by atoms with Crippen LogP contribution in [0.5, 0.6) is 5.88 Å². The molecule has 1 aliphatic rings. The summed E-state index contributed by atoms with van der Waals surface area (Å²) in [6.45, 7) is 0.880. The Morgan fingerprint density at radius 1 is 0.971 bits per heavy atom. The van der Waals surface area contributed by atoms with Crippen molar-refractivity contribution in [3.63, 3.8) is 0 Å². The number of ether oxygens (including phenoxy) is 1. The minimum Gasteiger partial charge on any atom is -0.481 e. The molecule has 0 radical (unpaired) electrons. The molecule has 186 valence electrons. The van der Waals surface area contributed by atoms with Crippen LogP contribution in [0.1, 0.15) is 55.6 Å². The van der Waals surface area contributed by atoms with E-state index in [1.165, 1.54) is 24.8 Å². The number of hydrogen-bond donors (Lipinski definition) is 1. The molecule has 2 aromatic carbocycles. The van der Waals surface area contributed by atoms with Crippen LogP contribution in [0.4, 0.5) is 0 Å². The van der Waals surface area contributed by atoms with Crippen molar-refractivity contribution in [2.75, 3.05) is 27.7 Å². The van der Waals surface area contributed by atoms with Crippen LogP contribution in [-0.2, 0) is 4.84 Å². The van der Waals surface area contributed by atoms with Gasteiger partial charge < -0.3 is 9.64 Å². The van der Waals surface area contributed by atoms with Gasteiger partial charge in [0.1, 0.15) is 5.60 Å². The van der Waals surface area contributed by atoms with Gasteiger partial charge in [-0.05, 0) is 56.5 Å². The fourth-order valence-corrected chi connectivity index (χ4v) is 5.80. The average molecular weight is 474 g/mol. The molecule has 0 aliphatic heterocycles. The first-order valence-electron chi connectivity index (χ1n) is 12.8. The lowest BCUT2D eigenvalue weighted by Gasteiger charge is -2.47. The third-order valence-electron chi connectivity index (χ3n) is 7.58. The van der Waals surface area contributed by atoms with Crippen molar-refractivity contribution in [1.82, 2.24) is 9.88 Å². The highest BCUT2D eigenvalue weighted by atomic mass is 16.6. The summed E-state index contributed by atoms with van der Waals surface area (Å²) in [5.74, 6) is 7.21. The number of aromatic nitrogens is 1. The van der Waals surface area contributed by atoms with E-state index in [-0.39, 0.29) is 5.92 Å². The number of nitrogens with two attached hydrogens (primary N) is 1. The maximum atomic E-state index is 6.36. The molecule has 4 rings (SSSR count). The standard InChI is InChI=1S/C30H39N3O2/c1-33(2)20-19-30(35-31,26-17-11-6-12-18-26)28(24-15-9-5-10-16-24)27-21-25(22-32-29(27)34-3)23-13-7-4-8-14-23/h4-5,7-10,13-16,21-22,26,28H,6,11-12,17-20,31H2,1-3H3. The third-order valence-corrected chi connectivity index (χ3v) is 7.58. The van der Waals surface area contributed by atoms with E-state index in [4.69, 9.17) is 20.5 Å². The highest BCUT2D eigenvalue weighted by Crippen LogP contribution is 2.50.